The second kappa shape index (κ2) is 6.16. The van der Waals surface area contributed by atoms with Gasteiger partial charge in [-0.1, -0.05) is 0 Å². The van der Waals surface area contributed by atoms with E-state index < -0.39 is 11.6 Å². The molecule has 3 heterocycles. The van der Waals surface area contributed by atoms with E-state index in [1.165, 1.54) is 0 Å². The third-order valence-corrected chi connectivity index (χ3v) is 5.58. The van der Waals surface area contributed by atoms with Gasteiger partial charge in [0, 0.05) is 30.1 Å². The van der Waals surface area contributed by atoms with Crippen molar-refractivity contribution in [2.75, 3.05) is 19.6 Å². The number of nitrogens with one attached hydrogen (secondary N) is 1. The first-order valence-electron chi connectivity index (χ1n) is 8.12. The third kappa shape index (κ3) is 3.15. The quantitative estimate of drug-likeness (QED) is 0.837. The summed E-state index contributed by atoms with van der Waals surface area (Å²) in [7, 11) is 0. The van der Waals surface area contributed by atoms with E-state index in [0.717, 1.165) is 27.6 Å². The molecule has 0 spiro atoms. The van der Waals surface area contributed by atoms with Crippen molar-refractivity contribution in [1.29, 1.82) is 0 Å². The van der Waals surface area contributed by atoms with Gasteiger partial charge in [-0.15, -0.1) is 11.3 Å². The number of hydrogen-bond donors (Lipinski definition) is 1. The van der Waals surface area contributed by atoms with Crippen LogP contribution in [0.4, 0.5) is 4.79 Å². The summed E-state index contributed by atoms with van der Waals surface area (Å²) in [6.45, 7) is 6.36. The molecule has 24 heavy (non-hydrogen) atoms. The minimum atomic E-state index is -0.944. The van der Waals surface area contributed by atoms with Crippen molar-refractivity contribution in [1.82, 2.24) is 20.1 Å². The summed E-state index contributed by atoms with van der Waals surface area (Å²) in [6, 6.07) is -0.498. The zero-order chi connectivity index (χ0) is 17.5. The lowest BCUT2D eigenvalue weighted by atomic mass is 9.98. The minimum absolute atomic E-state index is 0.186. The second-order valence-corrected chi connectivity index (χ2v) is 8.20. The summed E-state index contributed by atoms with van der Waals surface area (Å²) in [6.07, 6.45) is 3.77. The predicted molar refractivity (Wildman–Crippen MR) is 89.7 cm³/mol. The van der Waals surface area contributed by atoms with Crippen molar-refractivity contribution in [2.24, 2.45) is 0 Å². The fourth-order valence-corrected chi connectivity index (χ4v) is 4.06. The molecule has 0 aromatic carbocycles. The summed E-state index contributed by atoms with van der Waals surface area (Å²) in [4.78, 5) is 45.1. The molecule has 2 aliphatic heterocycles. The number of carbonyl (C=O) groups excluding carboxylic acids is 3. The highest BCUT2D eigenvalue weighted by atomic mass is 32.1. The Kier molecular flexibility index (Phi) is 4.33. The SMILES string of the molecule is Cc1cnc(C2CCCN(C(=O)CN3C(=O)NC(C)(C)C3=O)C2)s1. The van der Waals surface area contributed by atoms with Gasteiger partial charge in [0.05, 0.1) is 5.01 Å². The maximum absolute atomic E-state index is 12.6. The van der Waals surface area contributed by atoms with Crippen molar-refractivity contribution >= 4 is 29.2 Å². The van der Waals surface area contributed by atoms with E-state index in [2.05, 4.69) is 10.3 Å². The van der Waals surface area contributed by atoms with Gasteiger partial charge >= 0.3 is 6.03 Å². The third-order valence-electron chi connectivity index (χ3n) is 4.50. The van der Waals surface area contributed by atoms with E-state index in [1.807, 2.05) is 13.1 Å². The van der Waals surface area contributed by atoms with Crippen molar-refractivity contribution in [3.05, 3.63) is 16.1 Å². The number of thiazole rings is 1. The highest BCUT2D eigenvalue weighted by molar-refractivity contribution is 7.11. The predicted octanol–water partition coefficient (Wildman–Crippen LogP) is 1.49. The lowest BCUT2D eigenvalue weighted by Gasteiger charge is -2.32. The zero-order valence-electron chi connectivity index (χ0n) is 14.2. The monoisotopic (exact) mass is 350 g/mol. The summed E-state index contributed by atoms with van der Waals surface area (Å²) >= 11 is 1.66. The largest absolute Gasteiger partial charge is 0.340 e. The second-order valence-electron chi connectivity index (χ2n) is 6.93. The number of piperidine rings is 1. The van der Waals surface area contributed by atoms with Gasteiger partial charge in [-0.05, 0) is 33.6 Å². The Hall–Kier alpha value is -1.96. The molecule has 2 fully saturated rings. The molecule has 0 saturated carbocycles. The maximum Gasteiger partial charge on any atom is 0.325 e. The number of urea groups is 1. The first kappa shape index (κ1) is 16.9. The summed E-state index contributed by atoms with van der Waals surface area (Å²) in [5, 5.41) is 3.65. The van der Waals surface area contributed by atoms with Crippen LogP contribution in [0.15, 0.2) is 6.20 Å². The van der Waals surface area contributed by atoms with Gasteiger partial charge in [-0.3, -0.25) is 14.5 Å². The Morgan fingerprint density at radius 1 is 1.46 bits per heavy atom. The Balaban J connectivity index is 1.65. The highest BCUT2D eigenvalue weighted by Crippen LogP contribution is 2.30. The van der Waals surface area contributed by atoms with Crippen LogP contribution >= 0.6 is 11.3 Å². The van der Waals surface area contributed by atoms with E-state index >= 15 is 0 Å². The number of amides is 4. The molecule has 1 aromatic rings. The molecule has 1 unspecified atom stereocenters. The number of imide groups is 1. The van der Waals surface area contributed by atoms with E-state index in [4.69, 9.17) is 0 Å². The fourth-order valence-electron chi connectivity index (χ4n) is 3.16. The molecule has 1 N–H and O–H groups in total. The maximum atomic E-state index is 12.6. The normalized spacial score (nSPS) is 23.5. The Labute approximate surface area is 145 Å². The van der Waals surface area contributed by atoms with Gasteiger partial charge in [0.15, 0.2) is 0 Å². The van der Waals surface area contributed by atoms with Gasteiger partial charge in [0.2, 0.25) is 5.91 Å². The molecular weight excluding hydrogens is 328 g/mol. The van der Waals surface area contributed by atoms with E-state index in [9.17, 15) is 14.4 Å². The number of aromatic nitrogens is 1. The van der Waals surface area contributed by atoms with Crippen LogP contribution in [0.3, 0.4) is 0 Å². The number of nitrogens with zero attached hydrogens (tertiary/aromatic N) is 3. The molecule has 0 bridgehead atoms. The van der Waals surface area contributed by atoms with Gasteiger partial charge in [-0.25, -0.2) is 9.78 Å². The van der Waals surface area contributed by atoms with Crippen LogP contribution in [-0.4, -0.2) is 57.8 Å². The van der Waals surface area contributed by atoms with Crippen molar-refractivity contribution in [3.63, 3.8) is 0 Å². The van der Waals surface area contributed by atoms with Crippen molar-refractivity contribution in [2.45, 2.75) is 45.1 Å². The van der Waals surface area contributed by atoms with Gasteiger partial charge in [-0.2, -0.15) is 0 Å². The molecule has 2 aliphatic rings. The molecule has 7 nitrogen and oxygen atoms in total. The average molecular weight is 350 g/mol. The van der Waals surface area contributed by atoms with Crippen LogP contribution < -0.4 is 5.32 Å². The molecule has 0 radical (unpaired) electrons. The minimum Gasteiger partial charge on any atom is -0.340 e. The molecular formula is C16H22N4O3S. The van der Waals surface area contributed by atoms with E-state index in [0.29, 0.717) is 13.1 Å². The highest BCUT2D eigenvalue weighted by Gasteiger charge is 2.45. The first-order valence-corrected chi connectivity index (χ1v) is 8.94. The lowest BCUT2D eigenvalue weighted by molar-refractivity contribution is -0.139. The Morgan fingerprint density at radius 3 is 2.79 bits per heavy atom. The van der Waals surface area contributed by atoms with E-state index in [-0.39, 0.29) is 24.3 Å². The molecule has 1 aromatic heterocycles. The number of hydrogen-bond acceptors (Lipinski definition) is 5. The molecule has 0 aliphatic carbocycles. The standard InChI is InChI=1S/C16H22N4O3S/c1-10-7-17-13(24-10)11-5-4-6-19(8-11)12(21)9-20-14(22)16(2,3)18-15(20)23/h7,11H,4-6,8-9H2,1-3H3,(H,18,23). The molecule has 4 amide bonds. The molecule has 1 atom stereocenters. The smallest absolute Gasteiger partial charge is 0.325 e. The van der Waals surface area contributed by atoms with Crippen LogP contribution in [0.25, 0.3) is 0 Å². The topological polar surface area (TPSA) is 82.6 Å². The van der Waals surface area contributed by atoms with E-state index in [1.54, 1.807) is 30.1 Å². The molecule has 3 rings (SSSR count). The summed E-state index contributed by atoms with van der Waals surface area (Å²) < 4.78 is 0. The van der Waals surface area contributed by atoms with Crippen LogP contribution in [-0.2, 0) is 9.59 Å². The molecule has 130 valence electrons. The van der Waals surface area contributed by atoms with Gasteiger partial charge in [0.25, 0.3) is 5.91 Å². The molecule has 2 saturated heterocycles. The van der Waals surface area contributed by atoms with Crippen LogP contribution in [0, 0.1) is 6.92 Å². The Morgan fingerprint density at radius 2 is 2.21 bits per heavy atom. The van der Waals surface area contributed by atoms with Crippen molar-refractivity contribution < 1.29 is 14.4 Å². The number of carbonyl (C=O) groups is 3. The number of likely N-dealkylation sites (tertiary alicyclic amines) is 1. The number of aryl methyl sites for hydroxylation is 1. The summed E-state index contributed by atoms with van der Waals surface area (Å²) in [5.74, 6) is -0.305. The summed E-state index contributed by atoms with van der Waals surface area (Å²) in [5.41, 5.74) is -0.944. The molecule has 8 heteroatoms. The zero-order valence-corrected chi connectivity index (χ0v) is 15.0. The number of rotatable bonds is 3. The Bertz CT molecular complexity index is 685. The average Bonchev–Trinajstić information content (AvgIpc) is 3.04. The van der Waals surface area contributed by atoms with Crippen molar-refractivity contribution in [3.8, 4) is 0 Å². The first-order chi connectivity index (χ1) is 11.3. The fraction of sp³-hybridized carbons (Fsp3) is 0.625. The van der Waals surface area contributed by atoms with Gasteiger partial charge < -0.3 is 10.2 Å². The lowest BCUT2D eigenvalue weighted by Crippen LogP contribution is -2.47. The van der Waals surface area contributed by atoms with Crippen LogP contribution in [0.5, 0.6) is 0 Å². The van der Waals surface area contributed by atoms with Gasteiger partial charge in [0.1, 0.15) is 12.1 Å². The van der Waals surface area contributed by atoms with Crippen LogP contribution in [0.1, 0.15) is 42.5 Å². The van der Waals surface area contributed by atoms with Crippen LogP contribution in [0.2, 0.25) is 0 Å².